The van der Waals surface area contributed by atoms with Crippen molar-refractivity contribution in [1.82, 2.24) is 0 Å². The Labute approximate surface area is 211 Å². The molecule has 4 aromatic rings. The first-order chi connectivity index (χ1) is 16.7. The summed E-state index contributed by atoms with van der Waals surface area (Å²) in [6.45, 7) is -0.855. The predicted molar refractivity (Wildman–Crippen MR) is 137 cm³/mol. The first kappa shape index (κ1) is 24.5. The van der Waals surface area contributed by atoms with Gasteiger partial charge in [0.1, 0.15) is 6.54 Å². The molecule has 10 heteroatoms. The Balaban J connectivity index is 1.85. The van der Waals surface area contributed by atoms with Crippen molar-refractivity contribution in [2.24, 2.45) is 0 Å². The van der Waals surface area contributed by atoms with Crippen molar-refractivity contribution < 1.29 is 23.1 Å². The Kier molecular flexibility index (Phi) is 6.98. The van der Waals surface area contributed by atoms with Crippen LogP contribution in [0, 0.1) is 0 Å². The van der Waals surface area contributed by atoms with E-state index in [0.717, 1.165) is 4.31 Å². The van der Waals surface area contributed by atoms with E-state index in [1.165, 1.54) is 24.3 Å². The van der Waals surface area contributed by atoms with Crippen molar-refractivity contribution in [2.45, 2.75) is 4.90 Å². The number of hydrogen-bond acceptors (Lipinski definition) is 4. The maximum atomic E-state index is 13.5. The van der Waals surface area contributed by atoms with Gasteiger partial charge in [0, 0.05) is 26.7 Å². The molecule has 0 saturated carbocycles. The maximum absolute atomic E-state index is 13.5. The number of aliphatic carboxylic acids is 1. The molecule has 0 aliphatic heterocycles. The Morgan fingerprint density at radius 2 is 1.46 bits per heavy atom. The van der Waals surface area contributed by atoms with Crippen molar-refractivity contribution in [3.05, 3.63) is 101 Å². The van der Waals surface area contributed by atoms with Crippen LogP contribution in [0.4, 0.5) is 11.4 Å². The zero-order chi connectivity index (χ0) is 25.2. The summed E-state index contributed by atoms with van der Waals surface area (Å²) < 4.78 is 27.8. The van der Waals surface area contributed by atoms with Gasteiger partial charge in [-0.2, -0.15) is 0 Å². The van der Waals surface area contributed by atoms with Gasteiger partial charge in [-0.3, -0.25) is 13.9 Å². The zero-order valence-corrected chi connectivity index (χ0v) is 20.3. The molecule has 35 heavy (non-hydrogen) atoms. The van der Waals surface area contributed by atoms with Crippen molar-refractivity contribution in [3.8, 4) is 0 Å². The number of carbonyl (C=O) groups excluding carboxylic acids is 1. The fourth-order valence-electron chi connectivity index (χ4n) is 3.66. The highest BCUT2D eigenvalue weighted by Crippen LogP contribution is 2.34. The van der Waals surface area contributed by atoms with Crippen LogP contribution < -0.4 is 9.62 Å². The highest BCUT2D eigenvalue weighted by molar-refractivity contribution is 7.92. The molecule has 0 spiro atoms. The average Bonchev–Trinajstić information content (AvgIpc) is 2.81. The Hall–Kier alpha value is -3.59. The Morgan fingerprint density at radius 1 is 0.829 bits per heavy atom. The van der Waals surface area contributed by atoms with Gasteiger partial charge in [0.15, 0.2) is 0 Å². The summed E-state index contributed by atoms with van der Waals surface area (Å²) in [6.07, 6.45) is 0. The molecule has 178 valence electrons. The number of rotatable bonds is 7. The summed E-state index contributed by atoms with van der Waals surface area (Å²) >= 11 is 12.0. The molecule has 4 aromatic carbocycles. The lowest BCUT2D eigenvalue weighted by atomic mass is 10.0. The van der Waals surface area contributed by atoms with Gasteiger partial charge < -0.3 is 10.4 Å². The monoisotopic (exact) mass is 528 g/mol. The number of fused-ring (bicyclic) bond motifs is 1. The highest BCUT2D eigenvalue weighted by Gasteiger charge is 2.29. The number of sulfonamides is 1. The van der Waals surface area contributed by atoms with Crippen LogP contribution in [0.2, 0.25) is 10.0 Å². The van der Waals surface area contributed by atoms with Gasteiger partial charge >= 0.3 is 5.97 Å². The molecule has 4 rings (SSSR count). The van der Waals surface area contributed by atoms with E-state index in [4.69, 9.17) is 23.2 Å². The van der Waals surface area contributed by atoms with E-state index in [1.807, 2.05) is 6.07 Å². The lowest BCUT2D eigenvalue weighted by Gasteiger charge is -2.25. The number of para-hydroxylation sites is 1. The van der Waals surface area contributed by atoms with E-state index < -0.39 is 28.4 Å². The predicted octanol–water partition coefficient (Wildman–Crippen LogP) is 5.68. The summed E-state index contributed by atoms with van der Waals surface area (Å²) in [4.78, 5) is 24.4. The minimum atomic E-state index is -4.38. The third-order valence-electron chi connectivity index (χ3n) is 5.15. The maximum Gasteiger partial charge on any atom is 0.324 e. The molecule has 7 nitrogen and oxygen atoms in total. The number of amides is 1. The standard InChI is InChI=1S/C25H18Cl2N2O5S/c26-16-12-17(27)14-19(13-16)35(33,34)29(15-24(30)31)23-11-5-8-20-21(23)9-4-10-22(20)25(32)28-18-6-2-1-3-7-18/h1-14H,15H2,(H,28,32)(H,30,31). The van der Waals surface area contributed by atoms with Crippen molar-refractivity contribution in [1.29, 1.82) is 0 Å². The summed E-state index contributed by atoms with van der Waals surface area (Å²) in [5.74, 6) is -1.76. The second kappa shape index (κ2) is 9.95. The second-order valence-corrected chi connectivity index (χ2v) is 10.2. The van der Waals surface area contributed by atoms with Crippen LogP contribution in [-0.4, -0.2) is 31.9 Å². The zero-order valence-electron chi connectivity index (χ0n) is 18.0. The molecule has 0 aliphatic carbocycles. The van der Waals surface area contributed by atoms with Crippen LogP contribution in [0.5, 0.6) is 0 Å². The van der Waals surface area contributed by atoms with Crippen molar-refractivity contribution in [3.63, 3.8) is 0 Å². The van der Waals surface area contributed by atoms with E-state index in [2.05, 4.69) is 5.32 Å². The van der Waals surface area contributed by atoms with Crippen LogP contribution in [-0.2, 0) is 14.8 Å². The summed E-state index contributed by atoms with van der Waals surface area (Å²) in [5, 5.41) is 13.3. The first-order valence-corrected chi connectivity index (χ1v) is 12.4. The molecule has 0 bridgehead atoms. The number of nitrogens with one attached hydrogen (secondary N) is 1. The number of halogens is 2. The quantitative estimate of drug-likeness (QED) is 0.321. The molecule has 0 fully saturated rings. The molecule has 0 saturated heterocycles. The van der Waals surface area contributed by atoms with Crippen molar-refractivity contribution in [2.75, 3.05) is 16.2 Å². The molecule has 0 heterocycles. The minimum Gasteiger partial charge on any atom is -0.480 e. The van der Waals surface area contributed by atoms with E-state index in [9.17, 15) is 23.1 Å². The molecule has 1 amide bonds. The number of hydrogen-bond donors (Lipinski definition) is 2. The van der Waals surface area contributed by atoms with E-state index in [0.29, 0.717) is 22.0 Å². The lowest BCUT2D eigenvalue weighted by Crippen LogP contribution is -2.36. The average molecular weight is 529 g/mol. The number of carboxylic acids is 1. The van der Waals surface area contributed by atoms with Crippen molar-refractivity contribution >= 4 is 67.2 Å². The topological polar surface area (TPSA) is 104 Å². The van der Waals surface area contributed by atoms with Crippen LogP contribution in [0.1, 0.15) is 10.4 Å². The molecule has 0 aromatic heterocycles. The summed E-state index contributed by atoms with van der Waals surface area (Å²) in [7, 11) is -4.38. The number of benzene rings is 4. The third kappa shape index (κ3) is 5.24. The van der Waals surface area contributed by atoms with Gasteiger partial charge in [-0.1, -0.05) is 65.7 Å². The highest BCUT2D eigenvalue weighted by atomic mass is 35.5. The molecule has 0 unspecified atom stereocenters. The number of nitrogens with zero attached hydrogens (tertiary/aromatic N) is 1. The van der Waals surface area contributed by atoms with Crippen LogP contribution in [0.25, 0.3) is 10.8 Å². The van der Waals surface area contributed by atoms with Gasteiger partial charge in [-0.25, -0.2) is 8.42 Å². The summed E-state index contributed by atoms with van der Waals surface area (Å²) in [6, 6.07) is 22.2. The van der Waals surface area contributed by atoms with Crippen LogP contribution >= 0.6 is 23.2 Å². The van der Waals surface area contributed by atoms with E-state index >= 15 is 0 Å². The number of anilines is 2. The Bertz CT molecular complexity index is 1520. The molecule has 2 N–H and O–H groups in total. The molecule has 0 aliphatic rings. The smallest absolute Gasteiger partial charge is 0.324 e. The van der Waals surface area contributed by atoms with Gasteiger partial charge in [0.05, 0.1) is 10.6 Å². The normalized spacial score (nSPS) is 11.3. The third-order valence-corrected chi connectivity index (χ3v) is 7.32. The van der Waals surface area contributed by atoms with Gasteiger partial charge in [-0.15, -0.1) is 0 Å². The van der Waals surface area contributed by atoms with Gasteiger partial charge in [-0.05, 0) is 47.9 Å². The lowest BCUT2D eigenvalue weighted by molar-refractivity contribution is -0.135. The molecule has 0 atom stereocenters. The second-order valence-electron chi connectivity index (χ2n) is 7.51. The number of carboxylic acid groups (broad SMARTS) is 1. The van der Waals surface area contributed by atoms with Gasteiger partial charge in [0.2, 0.25) is 0 Å². The fraction of sp³-hybridized carbons (Fsp3) is 0.0400. The summed E-state index contributed by atoms with van der Waals surface area (Å²) in [5.41, 5.74) is 0.987. The minimum absolute atomic E-state index is 0.0872. The molecular formula is C25H18Cl2N2O5S. The molecule has 0 radical (unpaired) electrons. The van der Waals surface area contributed by atoms with Gasteiger partial charge in [0.25, 0.3) is 15.9 Å². The fourth-order valence-corrected chi connectivity index (χ4v) is 5.82. The van der Waals surface area contributed by atoms with Crippen LogP contribution in [0.15, 0.2) is 89.8 Å². The largest absolute Gasteiger partial charge is 0.480 e. The Morgan fingerprint density at radius 3 is 2.11 bits per heavy atom. The molecular weight excluding hydrogens is 511 g/mol. The number of carbonyl (C=O) groups is 2. The van der Waals surface area contributed by atoms with Crippen LogP contribution in [0.3, 0.4) is 0 Å². The SMILES string of the molecule is O=C(O)CN(c1cccc2c(C(=O)Nc3ccccc3)cccc12)S(=O)(=O)c1cc(Cl)cc(Cl)c1. The van der Waals surface area contributed by atoms with E-state index in [1.54, 1.807) is 54.6 Å². The first-order valence-electron chi connectivity index (χ1n) is 10.3. The van der Waals surface area contributed by atoms with E-state index in [-0.39, 0.29) is 20.6 Å².